The third-order valence-electron chi connectivity index (χ3n) is 2.92. The fraction of sp³-hybridized carbons (Fsp3) is 0.667. The summed E-state index contributed by atoms with van der Waals surface area (Å²) in [5, 5.41) is 0. The first-order chi connectivity index (χ1) is 9.43. The van der Waals surface area contributed by atoms with Gasteiger partial charge in [0.05, 0.1) is 12.4 Å². The molecule has 0 spiro atoms. The van der Waals surface area contributed by atoms with Crippen LogP contribution in [0.3, 0.4) is 0 Å². The normalized spacial score (nSPS) is 12.1. The molecule has 0 aromatic carbocycles. The monoisotopic (exact) mass is 301 g/mol. The number of nitrogens with two attached hydrogens (primary N) is 1. The maximum Gasteiger partial charge on any atom is 0.246 e. The van der Waals surface area contributed by atoms with E-state index >= 15 is 0 Å². The first-order valence-electron chi connectivity index (χ1n) is 6.74. The second kappa shape index (κ2) is 7.51. The van der Waals surface area contributed by atoms with Gasteiger partial charge in [0.1, 0.15) is 4.90 Å². The third kappa shape index (κ3) is 4.12. The van der Waals surface area contributed by atoms with Crippen molar-refractivity contribution >= 4 is 16.0 Å². The SMILES string of the molecule is CCCCCN(C(C)C)S(=O)(=O)c1cnc(NN)nc1. The highest BCUT2D eigenvalue weighted by Crippen LogP contribution is 2.18. The molecule has 20 heavy (non-hydrogen) atoms. The van der Waals surface area contributed by atoms with E-state index in [1.54, 1.807) is 0 Å². The van der Waals surface area contributed by atoms with E-state index < -0.39 is 10.0 Å². The van der Waals surface area contributed by atoms with Crippen LogP contribution in [0.15, 0.2) is 17.3 Å². The van der Waals surface area contributed by atoms with Crippen LogP contribution in [0.2, 0.25) is 0 Å². The van der Waals surface area contributed by atoms with Crippen LogP contribution in [0.4, 0.5) is 5.95 Å². The lowest BCUT2D eigenvalue weighted by Crippen LogP contribution is -2.37. The molecule has 1 heterocycles. The van der Waals surface area contributed by atoms with Gasteiger partial charge in [-0.1, -0.05) is 19.8 Å². The predicted molar refractivity (Wildman–Crippen MR) is 78.4 cm³/mol. The zero-order valence-electron chi connectivity index (χ0n) is 12.2. The third-order valence-corrected chi connectivity index (χ3v) is 4.95. The standard InChI is InChI=1S/C12H23N5O2S/c1-4-5-6-7-17(10(2)3)20(18,19)11-8-14-12(16-13)15-9-11/h8-10H,4-7,13H2,1-3H3,(H,14,15,16). The van der Waals surface area contributed by atoms with Crippen LogP contribution in [0.5, 0.6) is 0 Å². The van der Waals surface area contributed by atoms with Crippen molar-refractivity contribution in [3.63, 3.8) is 0 Å². The van der Waals surface area contributed by atoms with Gasteiger partial charge in [-0.25, -0.2) is 24.2 Å². The second-order valence-electron chi connectivity index (χ2n) is 4.80. The highest BCUT2D eigenvalue weighted by atomic mass is 32.2. The molecule has 0 saturated carbocycles. The summed E-state index contributed by atoms with van der Waals surface area (Å²) in [5.74, 6) is 5.35. The molecule has 0 bridgehead atoms. The van der Waals surface area contributed by atoms with Gasteiger partial charge in [0, 0.05) is 12.6 Å². The van der Waals surface area contributed by atoms with E-state index in [0.717, 1.165) is 19.3 Å². The summed E-state index contributed by atoms with van der Waals surface area (Å²) in [5.41, 5.74) is 2.27. The quantitative estimate of drug-likeness (QED) is 0.427. The second-order valence-corrected chi connectivity index (χ2v) is 6.69. The molecule has 8 heteroatoms. The van der Waals surface area contributed by atoms with Crippen molar-refractivity contribution in [2.75, 3.05) is 12.0 Å². The molecule has 0 fully saturated rings. The summed E-state index contributed by atoms with van der Waals surface area (Å²) >= 11 is 0. The molecular formula is C12H23N5O2S. The topological polar surface area (TPSA) is 101 Å². The van der Waals surface area contributed by atoms with Crippen LogP contribution in [-0.4, -0.2) is 35.3 Å². The molecule has 0 aliphatic rings. The Labute approximate surface area is 120 Å². The Morgan fingerprint density at radius 3 is 2.35 bits per heavy atom. The average molecular weight is 301 g/mol. The first kappa shape index (κ1) is 16.8. The Morgan fingerprint density at radius 1 is 1.30 bits per heavy atom. The Bertz CT molecular complexity index is 501. The van der Waals surface area contributed by atoms with Crippen LogP contribution in [0.1, 0.15) is 40.0 Å². The molecule has 0 unspecified atom stereocenters. The summed E-state index contributed by atoms with van der Waals surface area (Å²) < 4.78 is 26.6. The van der Waals surface area contributed by atoms with Crippen molar-refractivity contribution in [3.8, 4) is 0 Å². The molecule has 7 nitrogen and oxygen atoms in total. The van der Waals surface area contributed by atoms with Gasteiger partial charge in [-0.05, 0) is 20.3 Å². The smallest absolute Gasteiger partial charge is 0.246 e. The van der Waals surface area contributed by atoms with Crippen LogP contribution < -0.4 is 11.3 Å². The number of nitrogen functional groups attached to an aromatic ring is 1. The predicted octanol–water partition coefficient (Wildman–Crippen LogP) is 1.35. The zero-order valence-corrected chi connectivity index (χ0v) is 13.0. The molecule has 0 aliphatic carbocycles. The molecule has 1 aromatic heterocycles. The van der Waals surface area contributed by atoms with Gasteiger partial charge in [-0.3, -0.25) is 5.43 Å². The largest absolute Gasteiger partial charge is 0.292 e. The summed E-state index contributed by atoms with van der Waals surface area (Å²) in [4.78, 5) is 7.78. The molecule has 1 aromatic rings. The van der Waals surface area contributed by atoms with E-state index in [-0.39, 0.29) is 16.9 Å². The van der Waals surface area contributed by atoms with Crippen LogP contribution in [0, 0.1) is 0 Å². The lowest BCUT2D eigenvalue weighted by atomic mass is 10.2. The summed E-state index contributed by atoms with van der Waals surface area (Å²) in [7, 11) is -3.57. The van der Waals surface area contributed by atoms with E-state index in [0.29, 0.717) is 6.54 Å². The van der Waals surface area contributed by atoms with E-state index in [2.05, 4.69) is 22.3 Å². The van der Waals surface area contributed by atoms with E-state index in [4.69, 9.17) is 5.84 Å². The first-order valence-corrected chi connectivity index (χ1v) is 8.18. The van der Waals surface area contributed by atoms with Gasteiger partial charge < -0.3 is 0 Å². The number of aromatic nitrogens is 2. The lowest BCUT2D eigenvalue weighted by molar-refractivity contribution is 0.345. The molecular weight excluding hydrogens is 278 g/mol. The molecule has 0 radical (unpaired) electrons. The Balaban J connectivity index is 2.96. The molecule has 3 N–H and O–H groups in total. The highest BCUT2D eigenvalue weighted by Gasteiger charge is 2.27. The average Bonchev–Trinajstić information content (AvgIpc) is 2.43. The van der Waals surface area contributed by atoms with Crippen molar-refractivity contribution in [2.45, 2.75) is 51.0 Å². The molecule has 0 amide bonds. The maximum atomic E-state index is 12.6. The fourth-order valence-electron chi connectivity index (χ4n) is 1.83. The van der Waals surface area contributed by atoms with Crippen molar-refractivity contribution in [1.82, 2.24) is 14.3 Å². The van der Waals surface area contributed by atoms with Crippen molar-refractivity contribution in [2.24, 2.45) is 5.84 Å². The van der Waals surface area contributed by atoms with Gasteiger partial charge in [-0.2, -0.15) is 4.31 Å². The van der Waals surface area contributed by atoms with E-state index in [1.165, 1.54) is 16.7 Å². The highest BCUT2D eigenvalue weighted by molar-refractivity contribution is 7.89. The zero-order chi connectivity index (χ0) is 15.2. The number of rotatable bonds is 8. The van der Waals surface area contributed by atoms with Gasteiger partial charge in [-0.15, -0.1) is 0 Å². The Hall–Kier alpha value is -1.25. The number of nitrogens with zero attached hydrogens (tertiary/aromatic N) is 3. The van der Waals surface area contributed by atoms with Crippen LogP contribution in [0.25, 0.3) is 0 Å². The number of anilines is 1. The minimum Gasteiger partial charge on any atom is -0.292 e. The Morgan fingerprint density at radius 2 is 1.90 bits per heavy atom. The number of hydrogen-bond acceptors (Lipinski definition) is 6. The maximum absolute atomic E-state index is 12.6. The molecule has 0 aliphatic heterocycles. The minimum absolute atomic E-state index is 0.0849. The lowest BCUT2D eigenvalue weighted by Gasteiger charge is -2.25. The number of nitrogens with one attached hydrogen (secondary N) is 1. The summed E-state index contributed by atoms with van der Waals surface area (Å²) in [6.45, 7) is 6.31. The summed E-state index contributed by atoms with van der Waals surface area (Å²) in [6, 6.07) is -0.107. The molecule has 114 valence electrons. The van der Waals surface area contributed by atoms with Crippen molar-refractivity contribution < 1.29 is 8.42 Å². The van der Waals surface area contributed by atoms with Crippen LogP contribution >= 0.6 is 0 Å². The van der Waals surface area contributed by atoms with Crippen molar-refractivity contribution in [1.29, 1.82) is 0 Å². The number of hydrazine groups is 1. The van der Waals surface area contributed by atoms with Gasteiger partial charge >= 0.3 is 0 Å². The van der Waals surface area contributed by atoms with Crippen molar-refractivity contribution in [3.05, 3.63) is 12.4 Å². The fourth-order valence-corrected chi connectivity index (χ4v) is 3.40. The van der Waals surface area contributed by atoms with E-state index in [1.807, 2.05) is 13.8 Å². The number of sulfonamides is 1. The van der Waals surface area contributed by atoms with Gasteiger partial charge in [0.15, 0.2) is 0 Å². The number of unbranched alkanes of at least 4 members (excludes halogenated alkanes) is 2. The van der Waals surface area contributed by atoms with Crippen LogP contribution in [-0.2, 0) is 10.0 Å². The molecule has 1 rings (SSSR count). The minimum atomic E-state index is -3.57. The summed E-state index contributed by atoms with van der Waals surface area (Å²) in [6.07, 6.45) is 5.44. The van der Waals surface area contributed by atoms with E-state index in [9.17, 15) is 8.42 Å². The molecule has 0 atom stereocenters. The molecule has 0 saturated heterocycles. The Kier molecular flexibility index (Phi) is 6.31. The number of hydrogen-bond donors (Lipinski definition) is 2. The van der Waals surface area contributed by atoms with Gasteiger partial charge in [0.25, 0.3) is 0 Å². The van der Waals surface area contributed by atoms with Gasteiger partial charge in [0.2, 0.25) is 16.0 Å².